The molecule has 0 unspecified atom stereocenters. The summed E-state index contributed by atoms with van der Waals surface area (Å²) in [6, 6.07) is 17.7. The smallest absolute Gasteiger partial charge is 0.255 e. The summed E-state index contributed by atoms with van der Waals surface area (Å²) < 4.78 is 13.6. The summed E-state index contributed by atoms with van der Waals surface area (Å²) >= 11 is 6.07. The third-order valence-electron chi connectivity index (χ3n) is 4.92. The molecule has 1 N–H and O–H groups in total. The molecule has 6 heteroatoms. The lowest BCUT2D eigenvalue weighted by Gasteiger charge is -2.31. The van der Waals surface area contributed by atoms with E-state index in [9.17, 15) is 14.0 Å². The van der Waals surface area contributed by atoms with Crippen LogP contribution in [0.2, 0.25) is 5.02 Å². The van der Waals surface area contributed by atoms with E-state index in [0.717, 1.165) is 11.1 Å². The van der Waals surface area contributed by atoms with E-state index in [1.807, 2.05) is 25.1 Å². The number of hydrogen-bond acceptors (Lipinski definition) is 2. The standard InChI is InChI=1S/C23H18ClFN2O2/c1-14-5-10-20-19(11-14)22(15-6-8-18(25)9-7-15)27(13-21(28)26-20)23(29)16-3-2-4-17(24)12-16/h2-12,22H,13H2,1H3,(H,26,28)/t22-/m1/s1. The Hall–Kier alpha value is -3.18. The predicted octanol–water partition coefficient (Wildman–Crippen LogP) is 4.97. The molecule has 0 saturated carbocycles. The van der Waals surface area contributed by atoms with Crippen LogP contribution in [0.1, 0.15) is 33.1 Å². The molecule has 0 spiro atoms. The Morgan fingerprint density at radius 1 is 1.10 bits per heavy atom. The van der Waals surface area contributed by atoms with E-state index in [1.165, 1.54) is 17.0 Å². The Labute approximate surface area is 172 Å². The van der Waals surface area contributed by atoms with Gasteiger partial charge in [0.1, 0.15) is 12.4 Å². The van der Waals surface area contributed by atoms with Crippen LogP contribution < -0.4 is 5.32 Å². The second-order valence-corrected chi connectivity index (χ2v) is 7.47. The molecule has 0 aromatic heterocycles. The van der Waals surface area contributed by atoms with Gasteiger partial charge in [-0.15, -0.1) is 0 Å². The fourth-order valence-electron chi connectivity index (χ4n) is 3.61. The fourth-order valence-corrected chi connectivity index (χ4v) is 3.80. The van der Waals surface area contributed by atoms with Crippen LogP contribution in [-0.4, -0.2) is 23.3 Å². The molecule has 146 valence electrons. The largest absolute Gasteiger partial charge is 0.324 e. The maximum atomic E-state index is 13.6. The van der Waals surface area contributed by atoms with Gasteiger partial charge in [-0.25, -0.2) is 4.39 Å². The summed E-state index contributed by atoms with van der Waals surface area (Å²) in [7, 11) is 0. The molecule has 1 atom stereocenters. The number of anilines is 1. The monoisotopic (exact) mass is 408 g/mol. The maximum Gasteiger partial charge on any atom is 0.255 e. The lowest BCUT2D eigenvalue weighted by atomic mass is 9.94. The van der Waals surface area contributed by atoms with Crippen LogP contribution in [0.4, 0.5) is 10.1 Å². The van der Waals surface area contributed by atoms with Crippen LogP contribution in [0.25, 0.3) is 0 Å². The Morgan fingerprint density at radius 3 is 2.59 bits per heavy atom. The zero-order valence-electron chi connectivity index (χ0n) is 15.7. The van der Waals surface area contributed by atoms with E-state index in [0.29, 0.717) is 21.8 Å². The van der Waals surface area contributed by atoms with Crippen molar-refractivity contribution in [3.05, 3.63) is 99.8 Å². The summed E-state index contributed by atoms with van der Waals surface area (Å²) in [6.45, 7) is 1.80. The average Bonchev–Trinajstić information content (AvgIpc) is 2.84. The number of aryl methyl sites for hydroxylation is 1. The lowest BCUT2D eigenvalue weighted by Crippen LogP contribution is -2.39. The summed E-state index contributed by atoms with van der Waals surface area (Å²) in [6.07, 6.45) is 0. The van der Waals surface area contributed by atoms with Gasteiger partial charge in [0, 0.05) is 21.8 Å². The van der Waals surface area contributed by atoms with Gasteiger partial charge < -0.3 is 10.2 Å². The van der Waals surface area contributed by atoms with Crippen molar-refractivity contribution in [3.8, 4) is 0 Å². The van der Waals surface area contributed by atoms with Crippen LogP contribution in [0, 0.1) is 12.7 Å². The van der Waals surface area contributed by atoms with Crippen molar-refractivity contribution >= 4 is 29.1 Å². The molecular formula is C23H18ClFN2O2. The van der Waals surface area contributed by atoms with Crippen LogP contribution in [0.15, 0.2) is 66.7 Å². The molecule has 0 fully saturated rings. The molecule has 3 aromatic carbocycles. The molecule has 4 rings (SSSR count). The van der Waals surface area contributed by atoms with E-state index in [-0.39, 0.29) is 24.2 Å². The number of benzene rings is 3. The number of carbonyl (C=O) groups excluding carboxylic acids is 2. The molecule has 0 saturated heterocycles. The van der Waals surface area contributed by atoms with Crippen molar-refractivity contribution in [1.82, 2.24) is 4.90 Å². The highest BCUT2D eigenvalue weighted by molar-refractivity contribution is 6.31. The number of halogens is 2. The number of carbonyl (C=O) groups is 2. The zero-order valence-corrected chi connectivity index (χ0v) is 16.4. The first kappa shape index (κ1) is 19.2. The highest BCUT2D eigenvalue weighted by atomic mass is 35.5. The molecule has 1 aliphatic rings. The molecule has 29 heavy (non-hydrogen) atoms. The van der Waals surface area contributed by atoms with Crippen molar-refractivity contribution < 1.29 is 14.0 Å². The Balaban J connectivity index is 1.90. The first-order valence-electron chi connectivity index (χ1n) is 9.15. The zero-order chi connectivity index (χ0) is 20.5. The minimum Gasteiger partial charge on any atom is -0.324 e. The molecule has 0 aliphatic carbocycles. The number of nitrogens with one attached hydrogen (secondary N) is 1. The molecule has 2 amide bonds. The van der Waals surface area contributed by atoms with E-state index < -0.39 is 6.04 Å². The Kier molecular flexibility index (Phi) is 5.07. The van der Waals surface area contributed by atoms with E-state index in [1.54, 1.807) is 36.4 Å². The minimum atomic E-state index is -0.559. The van der Waals surface area contributed by atoms with Crippen molar-refractivity contribution in [2.24, 2.45) is 0 Å². The SMILES string of the molecule is Cc1ccc2c(c1)[C@@H](c1ccc(F)cc1)N(C(=O)c1cccc(Cl)c1)CC(=O)N2. The lowest BCUT2D eigenvalue weighted by molar-refractivity contribution is -0.117. The van der Waals surface area contributed by atoms with Gasteiger partial charge in [-0.1, -0.05) is 47.5 Å². The first-order valence-corrected chi connectivity index (χ1v) is 9.52. The van der Waals surface area contributed by atoms with Crippen molar-refractivity contribution in [3.63, 3.8) is 0 Å². The normalized spacial score (nSPS) is 16.0. The van der Waals surface area contributed by atoms with Crippen LogP contribution >= 0.6 is 11.6 Å². The molecular weight excluding hydrogens is 391 g/mol. The second kappa shape index (κ2) is 7.68. The van der Waals surface area contributed by atoms with E-state index in [2.05, 4.69) is 5.32 Å². The predicted molar refractivity (Wildman–Crippen MR) is 111 cm³/mol. The molecule has 0 bridgehead atoms. The van der Waals surface area contributed by atoms with Gasteiger partial charge in [0.25, 0.3) is 5.91 Å². The molecule has 3 aromatic rings. The topological polar surface area (TPSA) is 49.4 Å². The Bertz CT molecular complexity index is 1100. The van der Waals surface area contributed by atoms with Gasteiger partial charge in [-0.2, -0.15) is 0 Å². The van der Waals surface area contributed by atoms with Crippen molar-refractivity contribution in [2.45, 2.75) is 13.0 Å². The first-order chi connectivity index (χ1) is 13.9. The van der Waals surface area contributed by atoms with Gasteiger partial charge in [-0.3, -0.25) is 9.59 Å². The quantitative estimate of drug-likeness (QED) is 0.650. The molecule has 1 aliphatic heterocycles. The minimum absolute atomic E-state index is 0.138. The van der Waals surface area contributed by atoms with E-state index in [4.69, 9.17) is 11.6 Å². The third kappa shape index (κ3) is 3.87. The van der Waals surface area contributed by atoms with Crippen LogP contribution in [0.5, 0.6) is 0 Å². The summed E-state index contributed by atoms with van der Waals surface area (Å²) in [5, 5.41) is 3.31. The second-order valence-electron chi connectivity index (χ2n) is 7.04. The van der Waals surface area contributed by atoms with Gasteiger partial charge in [0.05, 0.1) is 6.04 Å². The van der Waals surface area contributed by atoms with E-state index >= 15 is 0 Å². The van der Waals surface area contributed by atoms with Gasteiger partial charge >= 0.3 is 0 Å². The molecule has 0 radical (unpaired) electrons. The van der Waals surface area contributed by atoms with Crippen LogP contribution in [0.3, 0.4) is 0 Å². The molecule has 1 heterocycles. The number of amides is 2. The van der Waals surface area contributed by atoms with Gasteiger partial charge in [0.2, 0.25) is 5.91 Å². The van der Waals surface area contributed by atoms with Crippen LogP contribution in [-0.2, 0) is 4.79 Å². The number of nitrogens with zero attached hydrogens (tertiary/aromatic N) is 1. The number of hydrogen-bond donors (Lipinski definition) is 1. The van der Waals surface area contributed by atoms with Crippen molar-refractivity contribution in [1.29, 1.82) is 0 Å². The highest BCUT2D eigenvalue weighted by Gasteiger charge is 2.34. The van der Waals surface area contributed by atoms with Gasteiger partial charge in [-0.05, 0) is 48.9 Å². The number of fused-ring (bicyclic) bond motifs is 1. The van der Waals surface area contributed by atoms with Crippen molar-refractivity contribution in [2.75, 3.05) is 11.9 Å². The maximum absolute atomic E-state index is 13.6. The summed E-state index contributed by atoms with van der Waals surface area (Å²) in [5.41, 5.74) is 3.50. The number of rotatable bonds is 2. The third-order valence-corrected chi connectivity index (χ3v) is 5.15. The Morgan fingerprint density at radius 2 is 1.86 bits per heavy atom. The average molecular weight is 409 g/mol. The fraction of sp³-hybridized carbons (Fsp3) is 0.130. The summed E-state index contributed by atoms with van der Waals surface area (Å²) in [4.78, 5) is 27.5. The highest BCUT2D eigenvalue weighted by Crippen LogP contribution is 2.37. The van der Waals surface area contributed by atoms with Gasteiger partial charge in [0.15, 0.2) is 0 Å². The summed E-state index contributed by atoms with van der Waals surface area (Å²) in [5.74, 6) is -0.991. The molecule has 4 nitrogen and oxygen atoms in total.